The number of carbonyl (C=O) groups is 1. The number of rotatable bonds is 2. The fraction of sp³-hybridized carbons (Fsp3) is 0.308. The summed E-state index contributed by atoms with van der Waals surface area (Å²) < 4.78 is 12.7. The summed E-state index contributed by atoms with van der Waals surface area (Å²) in [6.45, 7) is 0. The normalized spacial score (nSPS) is 15.9. The van der Waals surface area contributed by atoms with E-state index in [4.69, 9.17) is 0 Å². The summed E-state index contributed by atoms with van der Waals surface area (Å²) in [7, 11) is 0. The second-order valence-electron chi connectivity index (χ2n) is 3.81. The zero-order chi connectivity index (χ0) is 10.7. The second-order valence-corrected chi connectivity index (χ2v) is 3.81. The lowest BCUT2D eigenvalue weighted by Gasteiger charge is -2.11. The van der Waals surface area contributed by atoms with E-state index >= 15 is 0 Å². The minimum Gasteiger partial charge on any atom is -0.289 e. The van der Waals surface area contributed by atoms with Crippen molar-refractivity contribution in [2.45, 2.75) is 25.7 Å². The van der Waals surface area contributed by atoms with Crippen LogP contribution in [0.1, 0.15) is 36.0 Å². The smallest absolute Gasteiger partial charge is 0.188 e. The highest BCUT2D eigenvalue weighted by Crippen LogP contribution is 2.21. The number of ketones is 1. The number of Topliss-reactive ketones (excluding diaryl/α,β-unsaturated/α-hetero) is 1. The zero-order valence-corrected chi connectivity index (χ0v) is 8.50. The molecule has 2 heteroatoms. The molecule has 2 rings (SSSR count). The van der Waals surface area contributed by atoms with Crippen LogP contribution in [-0.2, 0) is 0 Å². The summed E-state index contributed by atoms with van der Waals surface area (Å²) >= 11 is 0. The van der Waals surface area contributed by atoms with Gasteiger partial charge in [-0.1, -0.05) is 6.08 Å². The number of carbonyl (C=O) groups excluding carboxylic acids is 1. The number of hydrogen-bond donors (Lipinski definition) is 0. The first-order valence-corrected chi connectivity index (χ1v) is 5.26. The van der Waals surface area contributed by atoms with Gasteiger partial charge in [0, 0.05) is 5.56 Å². The second kappa shape index (κ2) is 4.39. The molecular formula is C13H13FO. The van der Waals surface area contributed by atoms with Gasteiger partial charge >= 0.3 is 0 Å². The highest BCUT2D eigenvalue weighted by atomic mass is 19.1. The molecule has 1 aliphatic carbocycles. The highest BCUT2D eigenvalue weighted by Gasteiger charge is 2.13. The van der Waals surface area contributed by atoms with E-state index in [1.807, 2.05) is 6.08 Å². The van der Waals surface area contributed by atoms with E-state index in [2.05, 4.69) is 0 Å². The molecule has 0 saturated carbocycles. The van der Waals surface area contributed by atoms with Crippen molar-refractivity contribution in [1.29, 1.82) is 0 Å². The van der Waals surface area contributed by atoms with Crippen LogP contribution in [0, 0.1) is 5.82 Å². The van der Waals surface area contributed by atoms with Gasteiger partial charge in [-0.25, -0.2) is 4.39 Å². The molecule has 0 atom stereocenters. The highest BCUT2D eigenvalue weighted by molar-refractivity contribution is 6.08. The van der Waals surface area contributed by atoms with Gasteiger partial charge in [0.15, 0.2) is 5.78 Å². The van der Waals surface area contributed by atoms with Gasteiger partial charge in [-0.05, 0) is 55.5 Å². The molecule has 0 unspecified atom stereocenters. The topological polar surface area (TPSA) is 17.1 Å². The zero-order valence-electron chi connectivity index (χ0n) is 8.50. The van der Waals surface area contributed by atoms with Crippen LogP contribution >= 0.6 is 0 Å². The first kappa shape index (κ1) is 10.1. The monoisotopic (exact) mass is 204 g/mol. The van der Waals surface area contributed by atoms with E-state index in [1.54, 1.807) is 12.1 Å². The first-order valence-electron chi connectivity index (χ1n) is 5.26. The Morgan fingerprint density at radius 3 is 2.47 bits per heavy atom. The lowest BCUT2D eigenvalue weighted by Crippen LogP contribution is -2.06. The van der Waals surface area contributed by atoms with Crippen molar-refractivity contribution < 1.29 is 9.18 Å². The lowest BCUT2D eigenvalue weighted by molar-refractivity contribution is 0.102. The van der Waals surface area contributed by atoms with Crippen molar-refractivity contribution in [3.05, 3.63) is 47.3 Å². The molecule has 0 fully saturated rings. The van der Waals surface area contributed by atoms with Crippen LogP contribution in [0.15, 0.2) is 35.9 Å². The van der Waals surface area contributed by atoms with Crippen molar-refractivity contribution in [2.24, 2.45) is 0 Å². The fourth-order valence-corrected chi connectivity index (χ4v) is 1.83. The summed E-state index contributed by atoms with van der Waals surface area (Å²) in [4.78, 5) is 11.9. The summed E-state index contributed by atoms with van der Waals surface area (Å²) in [6.07, 6.45) is 6.10. The van der Waals surface area contributed by atoms with E-state index < -0.39 is 0 Å². The molecular weight excluding hydrogens is 191 g/mol. The van der Waals surface area contributed by atoms with Crippen LogP contribution in [-0.4, -0.2) is 5.78 Å². The lowest BCUT2D eigenvalue weighted by atomic mass is 9.93. The average molecular weight is 204 g/mol. The third-order valence-electron chi connectivity index (χ3n) is 2.69. The molecule has 0 aliphatic heterocycles. The molecule has 0 aromatic heterocycles. The maximum Gasteiger partial charge on any atom is 0.188 e. The number of benzene rings is 1. The number of allylic oxidation sites excluding steroid dienone is 2. The van der Waals surface area contributed by atoms with E-state index in [9.17, 15) is 9.18 Å². The van der Waals surface area contributed by atoms with E-state index in [0.29, 0.717) is 5.56 Å². The maximum absolute atomic E-state index is 12.7. The van der Waals surface area contributed by atoms with Gasteiger partial charge in [0.2, 0.25) is 0 Å². The van der Waals surface area contributed by atoms with E-state index in [0.717, 1.165) is 24.8 Å². The molecule has 1 aromatic rings. The van der Waals surface area contributed by atoms with Crippen molar-refractivity contribution in [3.63, 3.8) is 0 Å². The summed E-state index contributed by atoms with van der Waals surface area (Å²) in [5, 5.41) is 0. The SMILES string of the molecule is O=C(C1=CCCCC1)c1ccc(F)cc1. The molecule has 0 heterocycles. The Kier molecular flexibility index (Phi) is 2.95. The quantitative estimate of drug-likeness (QED) is 0.674. The third kappa shape index (κ3) is 2.32. The summed E-state index contributed by atoms with van der Waals surface area (Å²) in [5.41, 5.74) is 1.47. The molecule has 0 radical (unpaired) electrons. The Balaban J connectivity index is 2.20. The van der Waals surface area contributed by atoms with Gasteiger partial charge in [0.05, 0.1) is 0 Å². The summed E-state index contributed by atoms with van der Waals surface area (Å²) in [5.74, 6) is -0.251. The van der Waals surface area contributed by atoms with Crippen LogP contribution in [0.25, 0.3) is 0 Å². The molecule has 1 nitrogen and oxygen atoms in total. The standard InChI is InChI=1S/C13H13FO/c14-12-8-6-11(7-9-12)13(15)10-4-2-1-3-5-10/h4,6-9H,1-3,5H2. The third-order valence-corrected chi connectivity index (χ3v) is 2.69. The van der Waals surface area contributed by atoms with Crippen LogP contribution in [0.2, 0.25) is 0 Å². The van der Waals surface area contributed by atoms with Gasteiger partial charge < -0.3 is 0 Å². The Bertz CT molecular complexity index is 390. The maximum atomic E-state index is 12.7. The molecule has 0 spiro atoms. The van der Waals surface area contributed by atoms with Gasteiger partial charge in [-0.2, -0.15) is 0 Å². The minimum absolute atomic E-state index is 0.0506. The van der Waals surface area contributed by atoms with Gasteiger partial charge in [-0.15, -0.1) is 0 Å². The Labute approximate surface area is 88.6 Å². The number of halogens is 1. The molecule has 0 saturated heterocycles. The van der Waals surface area contributed by atoms with Gasteiger partial charge in [0.1, 0.15) is 5.82 Å². The molecule has 0 amide bonds. The van der Waals surface area contributed by atoms with Crippen LogP contribution < -0.4 is 0 Å². The van der Waals surface area contributed by atoms with Crippen molar-refractivity contribution in [3.8, 4) is 0 Å². The Morgan fingerprint density at radius 1 is 1.13 bits per heavy atom. The Hall–Kier alpha value is -1.44. The van der Waals surface area contributed by atoms with E-state index in [-0.39, 0.29) is 11.6 Å². The minimum atomic E-state index is -0.302. The van der Waals surface area contributed by atoms with Crippen LogP contribution in [0.3, 0.4) is 0 Å². The van der Waals surface area contributed by atoms with Crippen LogP contribution in [0.5, 0.6) is 0 Å². The molecule has 78 valence electrons. The molecule has 0 bridgehead atoms. The molecule has 1 aliphatic rings. The largest absolute Gasteiger partial charge is 0.289 e. The average Bonchev–Trinajstić information content (AvgIpc) is 2.30. The molecule has 0 N–H and O–H groups in total. The Morgan fingerprint density at radius 2 is 1.87 bits per heavy atom. The van der Waals surface area contributed by atoms with Gasteiger partial charge in [-0.3, -0.25) is 4.79 Å². The summed E-state index contributed by atoms with van der Waals surface area (Å²) in [6, 6.07) is 5.76. The van der Waals surface area contributed by atoms with Crippen LogP contribution in [0.4, 0.5) is 4.39 Å². The van der Waals surface area contributed by atoms with Gasteiger partial charge in [0.25, 0.3) is 0 Å². The van der Waals surface area contributed by atoms with Crippen molar-refractivity contribution in [2.75, 3.05) is 0 Å². The fourth-order valence-electron chi connectivity index (χ4n) is 1.83. The predicted octanol–water partition coefficient (Wildman–Crippen LogP) is 3.51. The van der Waals surface area contributed by atoms with Crippen molar-refractivity contribution in [1.82, 2.24) is 0 Å². The van der Waals surface area contributed by atoms with E-state index in [1.165, 1.54) is 18.6 Å². The predicted molar refractivity (Wildman–Crippen MR) is 57.3 cm³/mol. The molecule has 15 heavy (non-hydrogen) atoms. The first-order chi connectivity index (χ1) is 7.27. The van der Waals surface area contributed by atoms with Crippen molar-refractivity contribution >= 4 is 5.78 Å². The number of hydrogen-bond acceptors (Lipinski definition) is 1. The molecule has 1 aromatic carbocycles.